The molecule has 2 fully saturated rings. The predicted octanol–water partition coefficient (Wildman–Crippen LogP) is 4.06. The van der Waals surface area contributed by atoms with Gasteiger partial charge in [-0.3, -0.25) is 4.79 Å². The molecular formula is C16H16I2O3S. The molecule has 6 heteroatoms. The average molecular weight is 542 g/mol. The maximum Gasteiger partial charge on any atom is 0.183 e. The molecule has 1 heterocycles. The SMILES string of the molecule is O=C1c2cc(I)cc(I)c2S(=O)(=O)C2CC3CCCC3CC12. The number of hydrogen-bond donors (Lipinski definition) is 0. The number of hydrogen-bond acceptors (Lipinski definition) is 3. The van der Waals surface area contributed by atoms with Crippen molar-refractivity contribution in [1.29, 1.82) is 0 Å². The Morgan fingerprint density at radius 2 is 1.73 bits per heavy atom. The van der Waals surface area contributed by atoms with E-state index in [2.05, 4.69) is 45.2 Å². The van der Waals surface area contributed by atoms with Crippen LogP contribution in [0.1, 0.15) is 42.5 Å². The van der Waals surface area contributed by atoms with Gasteiger partial charge in [-0.2, -0.15) is 0 Å². The number of benzene rings is 1. The first kappa shape index (κ1) is 15.8. The Kier molecular flexibility index (Phi) is 3.88. The van der Waals surface area contributed by atoms with Gasteiger partial charge in [-0.1, -0.05) is 19.3 Å². The van der Waals surface area contributed by atoms with Crippen LogP contribution in [0, 0.1) is 24.9 Å². The molecule has 0 saturated heterocycles. The van der Waals surface area contributed by atoms with Crippen molar-refractivity contribution >= 4 is 60.8 Å². The van der Waals surface area contributed by atoms with Crippen molar-refractivity contribution in [3.05, 3.63) is 24.8 Å². The highest BCUT2D eigenvalue weighted by atomic mass is 127. The van der Waals surface area contributed by atoms with Gasteiger partial charge in [0.05, 0.1) is 10.1 Å². The molecule has 0 N–H and O–H groups in total. The third kappa shape index (κ3) is 2.22. The van der Waals surface area contributed by atoms with E-state index in [1.807, 2.05) is 6.07 Å². The summed E-state index contributed by atoms with van der Waals surface area (Å²) in [7, 11) is -3.39. The molecular weight excluding hydrogens is 526 g/mol. The van der Waals surface area contributed by atoms with Crippen molar-refractivity contribution in [2.75, 3.05) is 0 Å². The maximum atomic E-state index is 13.1. The average Bonchev–Trinajstić information content (AvgIpc) is 2.90. The Balaban J connectivity index is 1.90. The molecule has 22 heavy (non-hydrogen) atoms. The quantitative estimate of drug-likeness (QED) is 0.465. The molecule has 2 saturated carbocycles. The number of sulfone groups is 1. The summed E-state index contributed by atoms with van der Waals surface area (Å²) in [5.41, 5.74) is 0.439. The van der Waals surface area contributed by atoms with E-state index in [0.717, 1.165) is 22.8 Å². The van der Waals surface area contributed by atoms with Crippen molar-refractivity contribution in [1.82, 2.24) is 0 Å². The lowest BCUT2D eigenvalue weighted by atomic mass is 9.73. The van der Waals surface area contributed by atoms with Gasteiger partial charge in [-0.25, -0.2) is 8.42 Å². The lowest BCUT2D eigenvalue weighted by Crippen LogP contribution is -2.46. The van der Waals surface area contributed by atoms with Gasteiger partial charge in [0.2, 0.25) is 0 Å². The Morgan fingerprint density at radius 1 is 1.05 bits per heavy atom. The summed E-state index contributed by atoms with van der Waals surface area (Å²) < 4.78 is 27.9. The Labute approximate surface area is 157 Å². The number of fused-ring (bicyclic) bond motifs is 3. The van der Waals surface area contributed by atoms with Crippen LogP contribution in [0.25, 0.3) is 0 Å². The zero-order valence-electron chi connectivity index (χ0n) is 11.9. The highest BCUT2D eigenvalue weighted by molar-refractivity contribution is 14.1. The van der Waals surface area contributed by atoms with Crippen LogP contribution < -0.4 is 0 Å². The minimum Gasteiger partial charge on any atom is -0.294 e. The number of carbonyl (C=O) groups excluding carboxylic acids is 1. The molecule has 3 nitrogen and oxygen atoms in total. The van der Waals surface area contributed by atoms with E-state index < -0.39 is 15.1 Å². The van der Waals surface area contributed by atoms with Crippen LogP contribution in [0.5, 0.6) is 0 Å². The fourth-order valence-corrected chi connectivity index (χ4v) is 9.71. The third-order valence-corrected chi connectivity index (χ3v) is 9.82. The first-order valence-electron chi connectivity index (χ1n) is 7.66. The molecule has 1 aromatic carbocycles. The summed E-state index contributed by atoms with van der Waals surface area (Å²) in [5, 5.41) is -0.486. The lowest BCUT2D eigenvalue weighted by Gasteiger charge is -2.40. The molecule has 4 atom stereocenters. The summed E-state index contributed by atoms with van der Waals surface area (Å²) >= 11 is 4.22. The van der Waals surface area contributed by atoms with E-state index in [1.165, 1.54) is 6.42 Å². The van der Waals surface area contributed by atoms with Gasteiger partial charge in [-0.15, -0.1) is 0 Å². The topological polar surface area (TPSA) is 51.2 Å². The van der Waals surface area contributed by atoms with E-state index in [-0.39, 0.29) is 11.7 Å². The van der Waals surface area contributed by atoms with Gasteiger partial charge >= 0.3 is 0 Å². The second-order valence-electron chi connectivity index (χ2n) is 6.74. The summed E-state index contributed by atoms with van der Waals surface area (Å²) in [6.07, 6.45) is 4.94. The zero-order chi connectivity index (χ0) is 15.6. The van der Waals surface area contributed by atoms with E-state index in [1.54, 1.807) is 6.07 Å². The molecule has 4 unspecified atom stereocenters. The van der Waals surface area contributed by atoms with Crippen molar-refractivity contribution in [2.24, 2.45) is 17.8 Å². The van der Waals surface area contributed by atoms with Crippen molar-refractivity contribution in [2.45, 2.75) is 42.2 Å². The Bertz CT molecular complexity index is 772. The monoisotopic (exact) mass is 542 g/mol. The zero-order valence-corrected chi connectivity index (χ0v) is 17.0. The molecule has 3 aliphatic rings. The first-order chi connectivity index (χ1) is 10.4. The number of carbonyl (C=O) groups is 1. The van der Waals surface area contributed by atoms with Crippen LogP contribution in [0.2, 0.25) is 0 Å². The Morgan fingerprint density at radius 3 is 2.45 bits per heavy atom. The molecule has 0 bridgehead atoms. The first-order valence-corrected chi connectivity index (χ1v) is 11.4. The van der Waals surface area contributed by atoms with Gasteiger partial charge in [0.1, 0.15) is 0 Å². The number of halogens is 2. The fourth-order valence-electron chi connectivity index (χ4n) is 4.68. The van der Waals surface area contributed by atoms with Crippen LogP contribution in [0.15, 0.2) is 17.0 Å². The lowest BCUT2D eigenvalue weighted by molar-refractivity contribution is 0.0829. The minimum atomic E-state index is -3.39. The summed E-state index contributed by atoms with van der Waals surface area (Å²) in [6.45, 7) is 0. The third-order valence-electron chi connectivity index (χ3n) is 5.65. The predicted molar refractivity (Wildman–Crippen MR) is 101 cm³/mol. The molecule has 2 aliphatic carbocycles. The van der Waals surface area contributed by atoms with Gasteiger partial charge in [0.25, 0.3) is 0 Å². The van der Waals surface area contributed by atoms with E-state index in [4.69, 9.17) is 0 Å². The second-order valence-corrected chi connectivity index (χ2v) is 11.3. The van der Waals surface area contributed by atoms with Crippen LogP contribution in [0.3, 0.4) is 0 Å². The summed E-state index contributed by atoms with van der Waals surface area (Å²) in [5.74, 6) is 0.818. The van der Waals surface area contributed by atoms with Crippen LogP contribution in [-0.4, -0.2) is 19.5 Å². The Hall–Kier alpha value is 0.300. The van der Waals surface area contributed by atoms with E-state index in [9.17, 15) is 13.2 Å². The number of ketones is 1. The number of rotatable bonds is 0. The highest BCUT2D eigenvalue weighted by Crippen LogP contribution is 2.51. The largest absolute Gasteiger partial charge is 0.294 e. The molecule has 0 radical (unpaired) electrons. The normalized spacial score (nSPS) is 35.6. The van der Waals surface area contributed by atoms with Gasteiger partial charge in [0.15, 0.2) is 15.6 Å². The fraction of sp³-hybridized carbons (Fsp3) is 0.562. The minimum absolute atomic E-state index is 0.0663. The molecule has 4 rings (SSSR count). The van der Waals surface area contributed by atoms with Crippen LogP contribution in [-0.2, 0) is 9.84 Å². The summed E-state index contributed by atoms with van der Waals surface area (Å²) in [4.78, 5) is 13.3. The number of Topliss-reactive ketones (excluding diaryl/α,β-unsaturated/α-hetero) is 1. The van der Waals surface area contributed by atoms with Crippen LogP contribution in [0.4, 0.5) is 0 Å². The molecule has 0 spiro atoms. The van der Waals surface area contributed by atoms with Crippen molar-refractivity contribution in [3.63, 3.8) is 0 Å². The van der Waals surface area contributed by atoms with Gasteiger partial charge in [0, 0.05) is 18.6 Å². The molecule has 1 aromatic rings. The highest BCUT2D eigenvalue weighted by Gasteiger charge is 2.52. The maximum absolute atomic E-state index is 13.1. The molecule has 118 valence electrons. The van der Waals surface area contributed by atoms with E-state index >= 15 is 0 Å². The molecule has 0 aromatic heterocycles. The molecule has 1 aliphatic heterocycles. The van der Waals surface area contributed by atoms with E-state index in [0.29, 0.717) is 32.3 Å². The summed E-state index contributed by atoms with van der Waals surface area (Å²) in [6, 6.07) is 3.61. The standard InChI is InChI=1S/C16H16I2O3S/c17-10-6-12-15(19)11-4-8-2-1-3-9(8)5-14(11)22(20,21)16(12)13(18)7-10/h6-9,11,14H,1-5H2. The smallest absolute Gasteiger partial charge is 0.183 e. The van der Waals surface area contributed by atoms with Gasteiger partial charge in [-0.05, 0) is 82.0 Å². The van der Waals surface area contributed by atoms with Crippen LogP contribution >= 0.6 is 45.2 Å². The van der Waals surface area contributed by atoms with Crippen molar-refractivity contribution in [3.8, 4) is 0 Å². The van der Waals surface area contributed by atoms with Crippen molar-refractivity contribution < 1.29 is 13.2 Å². The second kappa shape index (κ2) is 5.40. The van der Waals surface area contributed by atoms with Gasteiger partial charge < -0.3 is 0 Å². The molecule has 0 amide bonds.